The summed E-state index contributed by atoms with van der Waals surface area (Å²) in [4.78, 5) is 11.9. The number of nitrogens with two attached hydrogens (primary N) is 1. The molecule has 3 rings (SSSR count). The van der Waals surface area contributed by atoms with E-state index < -0.39 is 0 Å². The molecule has 6 heteroatoms. The lowest BCUT2D eigenvalue weighted by molar-refractivity contribution is -0.115. The number of carbonyl (C=O) groups excluding carboxylic acids is 1. The zero-order valence-corrected chi connectivity index (χ0v) is 13.7. The minimum atomic E-state index is -0.239. The SMILES string of the molecule is Nc1ccc(/C=C/C(=O)NC2=NN=C(c3ccccc3)CS2)cc1. The Morgan fingerprint density at radius 3 is 2.50 bits per heavy atom. The van der Waals surface area contributed by atoms with Crippen LogP contribution in [0.3, 0.4) is 0 Å². The summed E-state index contributed by atoms with van der Waals surface area (Å²) in [6.07, 6.45) is 3.19. The first-order valence-electron chi connectivity index (χ1n) is 7.38. The smallest absolute Gasteiger partial charge is 0.249 e. The number of hydrogen-bond acceptors (Lipinski definition) is 5. The molecule has 3 N–H and O–H groups in total. The predicted octanol–water partition coefficient (Wildman–Crippen LogP) is 2.91. The van der Waals surface area contributed by atoms with Crippen molar-refractivity contribution >= 4 is 40.3 Å². The third-order valence-electron chi connectivity index (χ3n) is 3.31. The van der Waals surface area contributed by atoms with Crippen LogP contribution in [0.25, 0.3) is 6.08 Å². The average molecular weight is 336 g/mol. The summed E-state index contributed by atoms with van der Waals surface area (Å²) in [7, 11) is 0. The largest absolute Gasteiger partial charge is 0.399 e. The Labute approximate surface area is 144 Å². The maximum absolute atomic E-state index is 11.9. The van der Waals surface area contributed by atoms with Crippen LogP contribution in [-0.2, 0) is 4.79 Å². The number of nitrogens with one attached hydrogen (secondary N) is 1. The van der Waals surface area contributed by atoms with Gasteiger partial charge in [0.1, 0.15) is 0 Å². The van der Waals surface area contributed by atoms with Crippen LogP contribution in [0.2, 0.25) is 0 Å². The second-order valence-corrected chi connectivity index (χ2v) is 6.06. The molecule has 0 spiro atoms. The van der Waals surface area contributed by atoms with Crippen LogP contribution >= 0.6 is 11.8 Å². The zero-order chi connectivity index (χ0) is 16.8. The highest BCUT2D eigenvalue weighted by Crippen LogP contribution is 2.14. The van der Waals surface area contributed by atoms with Gasteiger partial charge in [0.15, 0.2) is 5.17 Å². The summed E-state index contributed by atoms with van der Waals surface area (Å²) >= 11 is 1.45. The Balaban J connectivity index is 1.60. The van der Waals surface area contributed by atoms with Crippen molar-refractivity contribution in [2.75, 3.05) is 11.5 Å². The van der Waals surface area contributed by atoms with Crippen LogP contribution in [0.5, 0.6) is 0 Å². The highest BCUT2D eigenvalue weighted by atomic mass is 32.2. The number of amidine groups is 1. The van der Waals surface area contributed by atoms with Gasteiger partial charge >= 0.3 is 0 Å². The third-order valence-corrected chi connectivity index (χ3v) is 4.18. The van der Waals surface area contributed by atoms with Crippen LogP contribution in [-0.4, -0.2) is 22.5 Å². The highest BCUT2D eigenvalue weighted by Gasteiger charge is 2.13. The molecular formula is C18H16N4OS. The Kier molecular flexibility index (Phi) is 5.08. The second kappa shape index (κ2) is 7.61. The van der Waals surface area contributed by atoms with Gasteiger partial charge < -0.3 is 11.1 Å². The zero-order valence-electron chi connectivity index (χ0n) is 12.8. The molecule has 0 unspecified atom stereocenters. The van der Waals surface area contributed by atoms with Crippen molar-refractivity contribution in [1.29, 1.82) is 0 Å². The lowest BCUT2D eigenvalue weighted by atomic mass is 10.1. The number of nitrogens with zero attached hydrogens (tertiary/aromatic N) is 2. The number of thioether (sulfide) groups is 1. The molecule has 0 aliphatic carbocycles. The standard InChI is InChI=1S/C18H16N4OS/c19-15-9-6-13(7-10-15)8-11-17(23)20-18-22-21-16(12-24-18)14-4-2-1-3-5-14/h1-11H,12,19H2,(H,20,22,23)/b11-8+. The van der Waals surface area contributed by atoms with Gasteiger partial charge in [-0.25, -0.2) is 0 Å². The van der Waals surface area contributed by atoms with E-state index >= 15 is 0 Å². The van der Waals surface area contributed by atoms with Crippen molar-refractivity contribution in [2.45, 2.75) is 0 Å². The first-order chi connectivity index (χ1) is 11.7. The van der Waals surface area contributed by atoms with Gasteiger partial charge in [-0.2, -0.15) is 5.10 Å². The van der Waals surface area contributed by atoms with Gasteiger partial charge in [-0.15, -0.1) is 5.10 Å². The van der Waals surface area contributed by atoms with E-state index in [2.05, 4.69) is 15.5 Å². The number of hydrogen-bond donors (Lipinski definition) is 2. The minimum Gasteiger partial charge on any atom is -0.399 e. The number of benzene rings is 2. The van der Waals surface area contributed by atoms with Gasteiger partial charge in [-0.1, -0.05) is 54.2 Å². The molecule has 0 saturated heterocycles. The molecule has 1 amide bonds. The Morgan fingerprint density at radius 1 is 1.08 bits per heavy atom. The fraction of sp³-hybridized carbons (Fsp3) is 0.0556. The van der Waals surface area contributed by atoms with Crippen LogP contribution in [0.15, 0.2) is 70.9 Å². The lowest BCUT2D eigenvalue weighted by Crippen LogP contribution is -2.29. The van der Waals surface area contributed by atoms with Crippen molar-refractivity contribution in [3.63, 3.8) is 0 Å². The molecule has 2 aromatic carbocycles. The van der Waals surface area contributed by atoms with Crippen molar-refractivity contribution in [3.8, 4) is 0 Å². The molecule has 1 aliphatic rings. The lowest BCUT2D eigenvalue weighted by Gasteiger charge is -2.11. The summed E-state index contributed by atoms with van der Waals surface area (Å²) in [5, 5.41) is 11.5. The normalized spacial score (nSPS) is 14.2. The van der Waals surface area contributed by atoms with E-state index in [-0.39, 0.29) is 5.91 Å². The Hall–Kier alpha value is -2.86. The van der Waals surface area contributed by atoms with Gasteiger partial charge in [0, 0.05) is 17.5 Å². The van der Waals surface area contributed by atoms with Gasteiger partial charge in [0.05, 0.1) is 5.71 Å². The first kappa shape index (κ1) is 16.0. The highest BCUT2D eigenvalue weighted by molar-refractivity contribution is 8.14. The number of rotatable bonds is 3. The van der Waals surface area contributed by atoms with E-state index in [1.807, 2.05) is 42.5 Å². The topological polar surface area (TPSA) is 79.8 Å². The second-order valence-electron chi connectivity index (χ2n) is 5.10. The van der Waals surface area contributed by atoms with E-state index in [4.69, 9.17) is 5.73 Å². The summed E-state index contributed by atoms with van der Waals surface area (Å²) in [6, 6.07) is 17.2. The molecule has 120 valence electrons. The van der Waals surface area contributed by atoms with Gasteiger partial charge in [-0.3, -0.25) is 4.79 Å². The molecule has 0 radical (unpaired) electrons. The van der Waals surface area contributed by atoms with Gasteiger partial charge in [-0.05, 0) is 29.3 Å². The Bertz CT molecular complexity index is 811. The van der Waals surface area contributed by atoms with E-state index in [9.17, 15) is 4.79 Å². The maximum Gasteiger partial charge on any atom is 0.249 e. The maximum atomic E-state index is 11.9. The quantitative estimate of drug-likeness (QED) is 0.668. The average Bonchev–Trinajstić information content (AvgIpc) is 2.63. The van der Waals surface area contributed by atoms with E-state index in [0.717, 1.165) is 16.8 Å². The fourth-order valence-corrected chi connectivity index (χ4v) is 2.83. The Morgan fingerprint density at radius 2 is 1.83 bits per heavy atom. The van der Waals surface area contributed by atoms with Crippen LogP contribution in [0.4, 0.5) is 5.69 Å². The molecule has 0 bridgehead atoms. The van der Waals surface area contributed by atoms with Crippen LogP contribution in [0.1, 0.15) is 11.1 Å². The molecule has 0 atom stereocenters. The summed E-state index contributed by atoms with van der Waals surface area (Å²) in [5.41, 5.74) is 9.16. The van der Waals surface area contributed by atoms with E-state index in [1.165, 1.54) is 17.8 Å². The van der Waals surface area contributed by atoms with Crippen LogP contribution in [0, 0.1) is 0 Å². The monoisotopic (exact) mass is 336 g/mol. The molecule has 24 heavy (non-hydrogen) atoms. The molecule has 1 aliphatic heterocycles. The molecule has 2 aromatic rings. The molecular weight excluding hydrogens is 320 g/mol. The van der Waals surface area contributed by atoms with Crippen molar-refractivity contribution in [1.82, 2.24) is 5.32 Å². The molecule has 0 saturated carbocycles. The number of carbonyl (C=O) groups is 1. The molecule has 1 heterocycles. The van der Waals surface area contributed by atoms with Gasteiger partial charge in [0.25, 0.3) is 0 Å². The molecule has 0 aromatic heterocycles. The fourth-order valence-electron chi connectivity index (χ4n) is 2.06. The van der Waals surface area contributed by atoms with Crippen LogP contribution < -0.4 is 11.1 Å². The van der Waals surface area contributed by atoms with Gasteiger partial charge in [0.2, 0.25) is 5.91 Å². The number of amides is 1. The summed E-state index contributed by atoms with van der Waals surface area (Å²) in [5.74, 6) is 0.432. The first-order valence-corrected chi connectivity index (χ1v) is 8.36. The summed E-state index contributed by atoms with van der Waals surface area (Å²) in [6.45, 7) is 0. The minimum absolute atomic E-state index is 0.239. The molecule has 5 nitrogen and oxygen atoms in total. The van der Waals surface area contributed by atoms with E-state index in [1.54, 1.807) is 18.2 Å². The number of nitrogen functional groups attached to an aromatic ring is 1. The number of anilines is 1. The van der Waals surface area contributed by atoms with Crippen molar-refractivity contribution in [3.05, 3.63) is 71.8 Å². The predicted molar refractivity (Wildman–Crippen MR) is 101 cm³/mol. The summed E-state index contributed by atoms with van der Waals surface area (Å²) < 4.78 is 0. The van der Waals surface area contributed by atoms with Crippen molar-refractivity contribution < 1.29 is 4.79 Å². The molecule has 0 fully saturated rings. The third kappa shape index (κ3) is 4.33. The van der Waals surface area contributed by atoms with E-state index in [0.29, 0.717) is 16.6 Å². The van der Waals surface area contributed by atoms with Crippen molar-refractivity contribution in [2.24, 2.45) is 10.2 Å².